The quantitative estimate of drug-likeness (QED) is 0.590. The molecule has 1 rings (SSSR count). The first kappa shape index (κ1) is 21.5. The second-order valence-electron chi connectivity index (χ2n) is 4.89. The van der Waals surface area contributed by atoms with Crippen molar-refractivity contribution in [1.82, 2.24) is 15.3 Å². The molecule has 0 aliphatic carbocycles. The SMILES string of the molecule is CC(C)C[C@@H](CO)NC(=O)[C@@H](N)Cc1c[nH]cn1.Cl.Cl. The van der Waals surface area contributed by atoms with Crippen molar-refractivity contribution in [2.75, 3.05) is 6.61 Å². The van der Waals surface area contributed by atoms with Gasteiger partial charge in [-0.1, -0.05) is 13.8 Å². The van der Waals surface area contributed by atoms with Gasteiger partial charge in [0.1, 0.15) is 0 Å². The Balaban J connectivity index is 0. The molecule has 0 spiro atoms. The van der Waals surface area contributed by atoms with E-state index in [9.17, 15) is 9.90 Å². The molecule has 0 aromatic carbocycles. The Labute approximate surface area is 131 Å². The maximum absolute atomic E-state index is 11.8. The Bertz CT molecular complexity index is 360. The molecule has 8 heteroatoms. The Hall–Kier alpha value is -0.820. The van der Waals surface area contributed by atoms with Crippen molar-refractivity contribution >= 4 is 30.7 Å². The highest BCUT2D eigenvalue weighted by atomic mass is 35.5. The first-order chi connectivity index (χ1) is 8.52. The maximum atomic E-state index is 11.8. The van der Waals surface area contributed by atoms with Crippen molar-refractivity contribution in [3.05, 3.63) is 18.2 Å². The first-order valence-electron chi connectivity index (χ1n) is 6.17. The zero-order chi connectivity index (χ0) is 13.5. The van der Waals surface area contributed by atoms with Gasteiger partial charge in [-0.15, -0.1) is 24.8 Å². The molecule has 0 aliphatic rings. The van der Waals surface area contributed by atoms with Crippen molar-refractivity contribution in [2.45, 2.75) is 38.8 Å². The van der Waals surface area contributed by atoms with E-state index in [-0.39, 0.29) is 43.4 Å². The number of nitrogens with zero attached hydrogens (tertiary/aromatic N) is 1. The van der Waals surface area contributed by atoms with Gasteiger partial charge in [0.15, 0.2) is 0 Å². The van der Waals surface area contributed by atoms with E-state index in [1.807, 2.05) is 13.8 Å². The van der Waals surface area contributed by atoms with E-state index in [4.69, 9.17) is 5.73 Å². The summed E-state index contributed by atoms with van der Waals surface area (Å²) in [7, 11) is 0. The summed E-state index contributed by atoms with van der Waals surface area (Å²) in [6, 6.07) is -0.878. The number of nitrogens with two attached hydrogens (primary N) is 1. The maximum Gasteiger partial charge on any atom is 0.237 e. The van der Waals surface area contributed by atoms with Crippen molar-refractivity contribution in [3.8, 4) is 0 Å². The second kappa shape index (κ2) is 10.9. The van der Waals surface area contributed by atoms with Crippen LogP contribution in [-0.4, -0.2) is 39.7 Å². The third kappa shape index (κ3) is 7.69. The standard InChI is InChI=1S/C12H22N4O2.2ClH/c1-8(2)3-10(6-17)16-12(18)11(13)4-9-5-14-7-15-9;;/h5,7-8,10-11,17H,3-4,6,13H2,1-2H3,(H,14,15)(H,16,18);2*1H/t10-,11-;;/m0../s1. The Morgan fingerprint density at radius 2 is 2.15 bits per heavy atom. The van der Waals surface area contributed by atoms with Crippen LogP contribution in [0.4, 0.5) is 0 Å². The highest BCUT2D eigenvalue weighted by Gasteiger charge is 2.19. The van der Waals surface area contributed by atoms with Crippen molar-refractivity contribution < 1.29 is 9.90 Å². The lowest BCUT2D eigenvalue weighted by molar-refractivity contribution is -0.123. The summed E-state index contributed by atoms with van der Waals surface area (Å²) in [5, 5.41) is 11.9. The number of aliphatic hydroxyl groups excluding tert-OH is 1. The number of carbonyl (C=O) groups is 1. The summed E-state index contributed by atoms with van der Waals surface area (Å²) in [5.74, 6) is 0.155. The van der Waals surface area contributed by atoms with E-state index in [2.05, 4.69) is 15.3 Å². The second-order valence-corrected chi connectivity index (χ2v) is 4.89. The van der Waals surface area contributed by atoms with Crippen LogP contribution in [0.2, 0.25) is 0 Å². The van der Waals surface area contributed by atoms with Gasteiger partial charge in [0.05, 0.1) is 30.7 Å². The monoisotopic (exact) mass is 326 g/mol. The number of amides is 1. The van der Waals surface area contributed by atoms with E-state index < -0.39 is 6.04 Å². The summed E-state index contributed by atoms with van der Waals surface area (Å²) >= 11 is 0. The molecule has 0 saturated heterocycles. The van der Waals surface area contributed by atoms with Crippen LogP contribution < -0.4 is 11.1 Å². The number of halogens is 2. The van der Waals surface area contributed by atoms with Gasteiger partial charge in [-0.05, 0) is 12.3 Å². The van der Waals surface area contributed by atoms with Gasteiger partial charge in [0.25, 0.3) is 0 Å². The van der Waals surface area contributed by atoms with Crippen LogP contribution in [0.25, 0.3) is 0 Å². The molecule has 20 heavy (non-hydrogen) atoms. The molecular weight excluding hydrogens is 303 g/mol. The molecule has 1 heterocycles. The number of H-pyrrole nitrogens is 1. The van der Waals surface area contributed by atoms with Gasteiger partial charge < -0.3 is 21.1 Å². The van der Waals surface area contributed by atoms with Crippen LogP contribution in [0.3, 0.4) is 0 Å². The van der Waals surface area contributed by atoms with Gasteiger partial charge in [0, 0.05) is 12.6 Å². The Morgan fingerprint density at radius 3 is 2.60 bits per heavy atom. The average Bonchev–Trinajstić information content (AvgIpc) is 2.80. The van der Waals surface area contributed by atoms with Crippen LogP contribution in [-0.2, 0) is 11.2 Å². The first-order valence-corrected chi connectivity index (χ1v) is 6.17. The smallest absolute Gasteiger partial charge is 0.237 e. The molecule has 0 unspecified atom stereocenters. The third-order valence-corrected chi connectivity index (χ3v) is 2.64. The van der Waals surface area contributed by atoms with Gasteiger partial charge in [-0.2, -0.15) is 0 Å². The fourth-order valence-electron chi connectivity index (χ4n) is 1.78. The predicted octanol–water partition coefficient (Wildman–Crippen LogP) is 0.646. The Morgan fingerprint density at radius 1 is 1.50 bits per heavy atom. The normalized spacial score (nSPS) is 13.1. The molecule has 2 atom stereocenters. The highest BCUT2D eigenvalue weighted by Crippen LogP contribution is 2.05. The number of hydrogen-bond acceptors (Lipinski definition) is 4. The van der Waals surface area contributed by atoms with Gasteiger partial charge in [0.2, 0.25) is 5.91 Å². The predicted molar refractivity (Wildman–Crippen MR) is 83.2 cm³/mol. The topological polar surface area (TPSA) is 104 Å². The zero-order valence-electron chi connectivity index (χ0n) is 11.7. The van der Waals surface area contributed by atoms with E-state index in [0.717, 1.165) is 12.1 Å². The molecule has 5 N–H and O–H groups in total. The zero-order valence-corrected chi connectivity index (χ0v) is 13.3. The van der Waals surface area contributed by atoms with Gasteiger partial charge in [-0.25, -0.2) is 4.98 Å². The number of nitrogens with one attached hydrogen (secondary N) is 2. The number of aromatic amines is 1. The lowest BCUT2D eigenvalue weighted by Gasteiger charge is -2.20. The third-order valence-electron chi connectivity index (χ3n) is 2.64. The number of rotatable bonds is 7. The largest absolute Gasteiger partial charge is 0.394 e. The molecule has 0 aliphatic heterocycles. The van der Waals surface area contributed by atoms with E-state index in [1.54, 1.807) is 12.5 Å². The van der Waals surface area contributed by atoms with E-state index in [0.29, 0.717) is 12.3 Å². The van der Waals surface area contributed by atoms with Crippen molar-refractivity contribution in [3.63, 3.8) is 0 Å². The minimum absolute atomic E-state index is 0. The van der Waals surface area contributed by atoms with Crippen LogP contribution >= 0.6 is 24.8 Å². The average molecular weight is 327 g/mol. The summed E-state index contributed by atoms with van der Waals surface area (Å²) in [4.78, 5) is 18.7. The molecular formula is C12H24Cl2N4O2. The van der Waals surface area contributed by atoms with Crippen molar-refractivity contribution in [1.29, 1.82) is 0 Å². The van der Waals surface area contributed by atoms with Crippen LogP contribution in [0.5, 0.6) is 0 Å². The van der Waals surface area contributed by atoms with Gasteiger partial charge >= 0.3 is 0 Å². The number of carbonyl (C=O) groups excluding carboxylic acids is 1. The molecule has 0 bridgehead atoms. The molecule has 0 saturated carbocycles. The molecule has 6 nitrogen and oxygen atoms in total. The van der Waals surface area contributed by atoms with Crippen LogP contribution in [0, 0.1) is 5.92 Å². The number of imidazole rings is 1. The summed E-state index contributed by atoms with van der Waals surface area (Å²) in [6.07, 6.45) is 4.38. The van der Waals surface area contributed by atoms with Crippen LogP contribution in [0.1, 0.15) is 26.0 Å². The summed E-state index contributed by atoms with van der Waals surface area (Å²) < 4.78 is 0. The van der Waals surface area contributed by atoms with E-state index >= 15 is 0 Å². The lowest BCUT2D eigenvalue weighted by atomic mass is 10.0. The number of aliphatic hydroxyl groups is 1. The lowest BCUT2D eigenvalue weighted by Crippen LogP contribution is -2.48. The van der Waals surface area contributed by atoms with E-state index in [1.165, 1.54) is 0 Å². The fourth-order valence-corrected chi connectivity index (χ4v) is 1.78. The Kier molecular flexibility index (Phi) is 11.7. The van der Waals surface area contributed by atoms with Gasteiger partial charge in [-0.3, -0.25) is 4.79 Å². The minimum atomic E-state index is -0.644. The highest BCUT2D eigenvalue weighted by molar-refractivity contribution is 5.85. The summed E-state index contributed by atoms with van der Waals surface area (Å²) in [5.41, 5.74) is 6.55. The molecule has 1 aromatic heterocycles. The molecule has 0 radical (unpaired) electrons. The molecule has 118 valence electrons. The minimum Gasteiger partial charge on any atom is -0.394 e. The summed E-state index contributed by atoms with van der Waals surface area (Å²) in [6.45, 7) is 4.01. The number of hydrogen-bond donors (Lipinski definition) is 4. The van der Waals surface area contributed by atoms with Crippen LogP contribution in [0.15, 0.2) is 12.5 Å². The molecule has 1 amide bonds. The molecule has 1 aromatic rings. The van der Waals surface area contributed by atoms with Crippen molar-refractivity contribution in [2.24, 2.45) is 11.7 Å². The fraction of sp³-hybridized carbons (Fsp3) is 0.667. The number of aromatic nitrogens is 2. The molecule has 0 fully saturated rings.